The molecule has 0 bridgehead atoms. The summed E-state index contributed by atoms with van der Waals surface area (Å²) in [6.07, 6.45) is 1.61. The van der Waals surface area contributed by atoms with Gasteiger partial charge < -0.3 is 9.64 Å². The molecular weight excluding hydrogens is 343 g/mol. The highest BCUT2D eigenvalue weighted by Crippen LogP contribution is 2.23. The number of nitrogens with zero attached hydrogens (tertiary/aromatic N) is 2. The van der Waals surface area contributed by atoms with Crippen LogP contribution in [-0.2, 0) is 4.74 Å². The third-order valence-electron chi connectivity index (χ3n) is 2.47. The zero-order valence-corrected chi connectivity index (χ0v) is 11.7. The molecule has 0 aliphatic carbocycles. The van der Waals surface area contributed by atoms with E-state index >= 15 is 0 Å². The van der Waals surface area contributed by atoms with E-state index in [1.807, 2.05) is 4.90 Å². The topological polar surface area (TPSA) is 25.4 Å². The summed E-state index contributed by atoms with van der Waals surface area (Å²) in [5.41, 5.74) is 0. The second-order valence-corrected chi connectivity index (χ2v) is 5.10. The number of ether oxygens (including phenoxy) is 1. The number of alkyl halides is 1. The molecule has 88 valence electrons. The molecule has 1 saturated heterocycles. The van der Waals surface area contributed by atoms with Gasteiger partial charge in [-0.2, -0.15) is 0 Å². The second kappa shape index (κ2) is 5.42. The first-order valence-corrected chi connectivity index (χ1v) is 6.85. The average molecular weight is 354 g/mol. The van der Waals surface area contributed by atoms with Crippen molar-refractivity contribution in [3.05, 3.63) is 22.6 Å². The van der Waals surface area contributed by atoms with Crippen LogP contribution in [-0.4, -0.2) is 36.1 Å². The first kappa shape index (κ1) is 12.3. The number of rotatable bonds is 2. The van der Waals surface area contributed by atoms with Crippen LogP contribution in [0.15, 0.2) is 16.7 Å². The minimum atomic E-state index is -0.303. The molecule has 1 aromatic heterocycles. The molecule has 1 aromatic rings. The number of hydrogen-bond acceptors (Lipinski definition) is 3. The van der Waals surface area contributed by atoms with Crippen molar-refractivity contribution < 1.29 is 9.13 Å². The summed E-state index contributed by atoms with van der Waals surface area (Å²) >= 11 is 6.60. The van der Waals surface area contributed by atoms with Crippen molar-refractivity contribution >= 4 is 37.7 Å². The Hall–Kier alpha value is -0.200. The average Bonchev–Trinajstić information content (AvgIpc) is 2.29. The van der Waals surface area contributed by atoms with Gasteiger partial charge >= 0.3 is 0 Å². The van der Waals surface area contributed by atoms with Gasteiger partial charge in [0.05, 0.1) is 19.3 Å². The van der Waals surface area contributed by atoms with Gasteiger partial charge in [-0.3, -0.25) is 0 Å². The lowest BCUT2D eigenvalue weighted by Crippen LogP contribution is -2.47. The molecule has 0 spiro atoms. The number of pyridine rings is 1. The second-order valence-electron chi connectivity index (χ2n) is 3.54. The SMILES string of the molecule is Fc1cc(Br)cnc1N1CCOCC1CBr. The van der Waals surface area contributed by atoms with Gasteiger partial charge in [0.1, 0.15) is 0 Å². The Balaban J connectivity index is 2.27. The fourth-order valence-corrected chi connectivity index (χ4v) is 2.52. The van der Waals surface area contributed by atoms with Gasteiger partial charge in [0.15, 0.2) is 11.6 Å². The van der Waals surface area contributed by atoms with E-state index in [9.17, 15) is 4.39 Å². The molecule has 1 aliphatic rings. The van der Waals surface area contributed by atoms with Gasteiger partial charge in [0, 0.05) is 22.5 Å². The first-order chi connectivity index (χ1) is 7.72. The molecule has 2 rings (SSSR count). The van der Waals surface area contributed by atoms with E-state index < -0.39 is 0 Å². The summed E-state index contributed by atoms with van der Waals surface area (Å²) in [5, 5.41) is 0.740. The van der Waals surface area contributed by atoms with Crippen molar-refractivity contribution in [2.75, 3.05) is 30.0 Å². The van der Waals surface area contributed by atoms with Crippen molar-refractivity contribution in [3.8, 4) is 0 Å². The molecule has 1 unspecified atom stereocenters. The Morgan fingerprint density at radius 2 is 2.44 bits per heavy atom. The van der Waals surface area contributed by atoms with Gasteiger partial charge in [0.25, 0.3) is 0 Å². The molecule has 2 heterocycles. The van der Waals surface area contributed by atoms with Crippen LogP contribution in [0.5, 0.6) is 0 Å². The minimum Gasteiger partial charge on any atom is -0.377 e. The Labute approximate surface area is 110 Å². The highest BCUT2D eigenvalue weighted by Gasteiger charge is 2.25. The van der Waals surface area contributed by atoms with E-state index in [2.05, 4.69) is 36.8 Å². The van der Waals surface area contributed by atoms with Crippen LogP contribution < -0.4 is 4.90 Å². The maximum Gasteiger partial charge on any atom is 0.166 e. The smallest absolute Gasteiger partial charge is 0.166 e. The van der Waals surface area contributed by atoms with Crippen molar-refractivity contribution in [1.82, 2.24) is 4.98 Å². The first-order valence-electron chi connectivity index (χ1n) is 4.93. The van der Waals surface area contributed by atoms with Gasteiger partial charge in [0.2, 0.25) is 0 Å². The van der Waals surface area contributed by atoms with E-state index in [1.165, 1.54) is 6.07 Å². The fraction of sp³-hybridized carbons (Fsp3) is 0.500. The third-order valence-corrected chi connectivity index (χ3v) is 3.65. The van der Waals surface area contributed by atoms with Crippen molar-refractivity contribution in [1.29, 1.82) is 0 Å². The highest BCUT2D eigenvalue weighted by molar-refractivity contribution is 9.10. The van der Waals surface area contributed by atoms with Crippen molar-refractivity contribution in [2.24, 2.45) is 0 Å². The predicted octanol–water partition coefficient (Wildman–Crippen LogP) is 2.58. The summed E-state index contributed by atoms with van der Waals surface area (Å²) in [5.74, 6) is 0.0955. The van der Waals surface area contributed by atoms with E-state index in [0.717, 1.165) is 5.33 Å². The Kier molecular flexibility index (Phi) is 4.16. The Morgan fingerprint density at radius 3 is 3.12 bits per heavy atom. The molecule has 6 heteroatoms. The van der Waals surface area contributed by atoms with E-state index in [1.54, 1.807) is 6.20 Å². The van der Waals surface area contributed by atoms with Crippen LogP contribution >= 0.6 is 31.9 Å². The van der Waals surface area contributed by atoms with Crippen molar-refractivity contribution in [3.63, 3.8) is 0 Å². The lowest BCUT2D eigenvalue weighted by atomic mass is 10.2. The molecular formula is C10H11Br2FN2O. The molecule has 1 aliphatic heterocycles. The van der Waals surface area contributed by atoms with Crippen LogP contribution in [0, 0.1) is 5.82 Å². The summed E-state index contributed by atoms with van der Waals surface area (Å²) in [7, 11) is 0. The maximum absolute atomic E-state index is 13.8. The standard InChI is InChI=1S/C10H11Br2FN2O/c11-4-8-6-16-2-1-15(8)10-9(13)3-7(12)5-14-10/h3,5,8H,1-2,4,6H2. The molecule has 0 saturated carbocycles. The summed E-state index contributed by atoms with van der Waals surface area (Å²) in [6, 6.07) is 1.57. The predicted molar refractivity (Wildman–Crippen MR) is 67.6 cm³/mol. The monoisotopic (exact) mass is 352 g/mol. The zero-order valence-electron chi connectivity index (χ0n) is 8.50. The quantitative estimate of drug-likeness (QED) is 0.764. The van der Waals surface area contributed by atoms with Crippen LogP contribution in [0.2, 0.25) is 0 Å². The van der Waals surface area contributed by atoms with Crippen LogP contribution in [0.1, 0.15) is 0 Å². The Bertz CT molecular complexity index is 378. The van der Waals surface area contributed by atoms with Gasteiger partial charge in [-0.15, -0.1) is 0 Å². The number of morpholine rings is 1. The van der Waals surface area contributed by atoms with E-state index in [4.69, 9.17) is 4.74 Å². The van der Waals surface area contributed by atoms with Crippen LogP contribution in [0.4, 0.5) is 10.2 Å². The highest BCUT2D eigenvalue weighted by atomic mass is 79.9. The summed E-state index contributed by atoms with van der Waals surface area (Å²) in [4.78, 5) is 6.07. The van der Waals surface area contributed by atoms with Gasteiger partial charge in [-0.1, -0.05) is 15.9 Å². The minimum absolute atomic E-state index is 0.136. The molecule has 3 nitrogen and oxygen atoms in total. The summed E-state index contributed by atoms with van der Waals surface area (Å²) in [6.45, 7) is 1.88. The number of anilines is 1. The van der Waals surface area contributed by atoms with Crippen LogP contribution in [0.25, 0.3) is 0 Å². The lowest BCUT2D eigenvalue weighted by Gasteiger charge is -2.35. The normalized spacial score (nSPS) is 21.2. The molecule has 0 amide bonds. The van der Waals surface area contributed by atoms with E-state index in [0.29, 0.717) is 30.0 Å². The summed E-state index contributed by atoms with van der Waals surface area (Å²) < 4.78 is 19.8. The number of halogens is 3. The number of hydrogen-bond donors (Lipinski definition) is 0. The molecule has 0 aromatic carbocycles. The number of aromatic nitrogens is 1. The molecule has 1 fully saturated rings. The van der Waals surface area contributed by atoms with Crippen molar-refractivity contribution in [2.45, 2.75) is 6.04 Å². The maximum atomic E-state index is 13.8. The fourth-order valence-electron chi connectivity index (χ4n) is 1.68. The van der Waals surface area contributed by atoms with Gasteiger partial charge in [-0.25, -0.2) is 9.37 Å². The Morgan fingerprint density at radius 1 is 1.62 bits per heavy atom. The lowest BCUT2D eigenvalue weighted by molar-refractivity contribution is 0.0996. The third kappa shape index (κ3) is 2.55. The van der Waals surface area contributed by atoms with E-state index in [-0.39, 0.29) is 11.9 Å². The molecule has 16 heavy (non-hydrogen) atoms. The largest absolute Gasteiger partial charge is 0.377 e. The zero-order chi connectivity index (χ0) is 11.5. The molecule has 0 N–H and O–H groups in total. The molecule has 0 radical (unpaired) electrons. The van der Waals surface area contributed by atoms with Crippen LogP contribution in [0.3, 0.4) is 0 Å². The van der Waals surface area contributed by atoms with Gasteiger partial charge in [-0.05, 0) is 22.0 Å². The molecule has 1 atom stereocenters.